The second-order valence-electron chi connectivity index (χ2n) is 5.41. The molecule has 0 spiro atoms. The molecular formula is C14H23N3O2S. The first kappa shape index (κ1) is 15.1. The maximum atomic E-state index is 11.5. The SMILES string of the molecule is CCC1CCCCCN1c1cc(N)cc(S(N)(=O)=O)c1. The largest absolute Gasteiger partial charge is 0.399 e. The van der Waals surface area contributed by atoms with E-state index in [1.807, 2.05) is 6.07 Å². The Hall–Kier alpha value is -1.27. The van der Waals surface area contributed by atoms with E-state index in [9.17, 15) is 8.42 Å². The summed E-state index contributed by atoms with van der Waals surface area (Å²) >= 11 is 0. The second-order valence-corrected chi connectivity index (χ2v) is 6.97. The first-order valence-electron chi connectivity index (χ1n) is 7.12. The van der Waals surface area contributed by atoms with Gasteiger partial charge in [-0.2, -0.15) is 0 Å². The predicted molar refractivity (Wildman–Crippen MR) is 82.1 cm³/mol. The highest BCUT2D eigenvalue weighted by Gasteiger charge is 2.21. The lowest BCUT2D eigenvalue weighted by molar-refractivity contribution is 0.556. The summed E-state index contributed by atoms with van der Waals surface area (Å²) in [6.07, 6.45) is 5.74. The third kappa shape index (κ3) is 3.43. The number of benzene rings is 1. The maximum absolute atomic E-state index is 11.5. The highest BCUT2D eigenvalue weighted by molar-refractivity contribution is 7.89. The lowest BCUT2D eigenvalue weighted by Gasteiger charge is -2.32. The van der Waals surface area contributed by atoms with Gasteiger partial charge in [0.15, 0.2) is 0 Å². The van der Waals surface area contributed by atoms with E-state index in [-0.39, 0.29) is 4.90 Å². The Morgan fingerprint density at radius 1 is 1.25 bits per heavy atom. The Balaban J connectivity index is 2.42. The molecule has 4 N–H and O–H groups in total. The normalized spacial score (nSPS) is 20.7. The fourth-order valence-electron chi connectivity index (χ4n) is 2.88. The lowest BCUT2D eigenvalue weighted by Crippen LogP contribution is -2.34. The number of hydrogen-bond acceptors (Lipinski definition) is 4. The molecule has 5 nitrogen and oxygen atoms in total. The van der Waals surface area contributed by atoms with Crippen molar-refractivity contribution in [2.45, 2.75) is 50.0 Å². The molecule has 1 heterocycles. The van der Waals surface area contributed by atoms with Gasteiger partial charge >= 0.3 is 0 Å². The molecule has 20 heavy (non-hydrogen) atoms. The molecule has 0 aliphatic carbocycles. The highest BCUT2D eigenvalue weighted by Crippen LogP contribution is 2.29. The number of nitrogens with two attached hydrogens (primary N) is 2. The lowest BCUT2D eigenvalue weighted by atomic mass is 10.1. The molecule has 6 heteroatoms. The summed E-state index contributed by atoms with van der Waals surface area (Å²) in [4.78, 5) is 2.37. The molecule has 1 atom stereocenters. The van der Waals surface area contributed by atoms with Crippen molar-refractivity contribution in [1.82, 2.24) is 0 Å². The monoisotopic (exact) mass is 297 g/mol. The first-order valence-corrected chi connectivity index (χ1v) is 8.66. The van der Waals surface area contributed by atoms with E-state index in [2.05, 4.69) is 11.8 Å². The number of rotatable bonds is 3. The van der Waals surface area contributed by atoms with E-state index in [0.29, 0.717) is 11.7 Å². The molecule has 1 saturated heterocycles. The number of hydrogen-bond donors (Lipinski definition) is 2. The minimum atomic E-state index is -3.73. The fourth-order valence-corrected chi connectivity index (χ4v) is 3.46. The molecule has 112 valence electrons. The van der Waals surface area contributed by atoms with Gasteiger partial charge in [-0.15, -0.1) is 0 Å². The number of nitrogen functional groups attached to an aromatic ring is 1. The smallest absolute Gasteiger partial charge is 0.238 e. The van der Waals surface area contributed by atoms with Gasteiger partial charge in [0.05, 0.1) is 4.90 Å². The van der Waals surface area contributed by atoms with Crippen LogP contribution in [0.3, 0.4) is 0 Å². The summed E-state index contributed by atoms with van der Waals surface area (Å²) in [6.45, 7) is 3.10. The standard InChI is InChI=1S/C14H23N3O2S/c1-2-12-6-4-3-5-7-17(12)13-8-11(15)9-14(10-13)20(16,18)19/h8-10,12H,2-7,15H2,1H3,(H2,16,18,19). The Morgan fingerprint density at radius 3 is 2.65 bits per heavy atom. The van der Waals surface area contributed by atoms with E-state index in [0.717, 1.165) is 31.5 Å². The van der Waals surface area contributed by atoms with Crippen molar-refractivity contribution in [2.24, 2.45) is 5.14 Å². The van der Waals surface area contributed by atoms with Gasteiger partial charge in [0, 0.05) is 24.0 Å². The highest BCUT2D eigenvalue weighted by atomic mass is 32.2. The van der Waals surface area contributed by atoms with Crippen LogP contribution < -0.4 is 15.8 Å². The molecule has 1 unspecified atom stereocenters. The van der Waals surface area contributed by atoms with Crippen LogP contribution in [0.5, 0.6) is 0 Å². The predicted octanol–water partition coefficient (Wildman–Crippen LogP) is 2.08. The zero-order valence-electron chi connectivity index (χ0n) is 11.9. The molecular weight excluding hydrogens is 274 g/mol. The van der Waals surface area contributed by atoms with Gasteiger partial charge in [-0.25, -0.2) is 13.6 Å². The summed E-state index contributed by atoms with van der Waals surface area (Å²) in [5, 5.41) is 5.22. The zero-order valence-corrected chi connectivity index (χ0v) is 12.7. The number of primary sulfonamides is 1. The average Bonchev–Trinajstić information content (AvgIpc) is 2.61. The van der Waals surface area contributed by atoms with Crippen LogP contribution in [0.1, 0.15) is 39.0 Å². The van der Waals surface area contributed by atoms with Crippen molar-refractivity contribution in [3.05, 3.63) is 18.2 Å². The zero-order chi connectivity index (χ0) is 14.8. The first-order chi connectivity index (χ1) is 9.41. The van der Waals surface area contributed by atoms with Gasteiger partial charge in [0.1, 0.15) is 0 Å². The van der Waals surface area contributed by atoms with Gasteiger partial charge in [-0.3, -0.25) is 0 Å². The minimum absolute atomic E-state index is 0.0894. The van der Waals surface area contributed by atoms with Crippen LogP contribution in [-0.4, -0.2) is 21.0 Å². The van der Waals surface area contributed by atoms with Crippen molar-refractivity contribution < 1.29 is 8.42 Å². The van der Waals surface area contributed by atoms with Gasteiger partial charge in [-0.05, 0) is 37.5 Å². The van der Waals surface area contributed by atoms with Gasteiger partial charge in [0.2, 0.25) is 10.0 Å². The van der Waals surface area contributed by atoms with Crippen LogP contribution in [0.15, 0.2) is 23.1 Å². The molecule has 0 amide bonds. The third-order valence-corrected chi connectivity index (χ3v) is 4.81. The molecule has 2 rings (SSSR count). The number of nitrogens with zero attached hydrogens (tertiary/aromatic N) is 1. The molecule has 1 aromatic carbocycles. The molecule has 0 bridgehead atoms. The quantitative estimate of drug-likeness (QED) is 0.836. The van der Waals surface area contributed by atoms with Crippen molar-refractivity contribution in [1.29, 1.82) is 0 Å². The summed E-state index contributed by atoms with van der Waals surface area (Å²) in [5.41, 5.74) is 7.14. The van der Waals surface area contributed by atoms with E-state index >= 15 is 0 Å². The van der Waals surface area contributed by atoms with E-state index in [1.165, 1.54) is 18.9 Å². The van der Waals surface area contributed by atoms with Crippen molar-refractivity contribution >= 4 is 21.4 Å². The third-order valence-electron chi connectivity index (χ3n) is 3.92. The number of anilines is 2. The molecule has 1 aliphatic rings. The van der Waals surface area contributed by atoms with Gasteiger partial charge in [0.25, 0.3) is 0 Å². The van der Waals surface area contributed by atoms with Crippen LogP contribution in [0.2, 0.25) is 0 Å². The fraction of sp³-hybridized carbons (Fsp3) is 0.571. The Kier molecular flexibility index (Phi) is 4.55. The van der Waals surface area contributed by atoms with Crippen LogP contribution in [-0.2, 0) is 10.0 Å². The molecule has 0 saturated carbocycles. The summed E-state index contributed by atoms with van der Waals surface area (Å²) in [6, 6.07) is 5.33. The van der Waals surface area contributed by atoms with Crippen LogP contribution in [0, 0.1) is 0 Å². The van der Waals surface area contributed by atoms with Gasteiger partial charge < -0.3 is 10.6 Å². The molecule has 0 aromatic heterocycles. The van der Waals surface area contributed by atoms with Crippen LogP contribution in [0.25, 0.3) is 0 Å². The number of sulfonamides is 1. The summed E-state index contributed by atoms with van der Waals surface area (Å²) in [7, 11) is -3.73. The topological polar surface area (TPSA) is 89.4 Å². The molecule has 1 fully saturated rings. The van der Waals surface area contributed by atoms with E-state index in [4.69, 9.17) is 10.9 Å². The van der Waals surface area contributed by atoms with E-state index in [1.54, 1.807) is 6.07 Å². The molecule has 1 aliphatic heterocycles. The van der Waals surface area contributed by atoms with Crippen molar-refractivity contribution in [3.63, 3.8) is 0 Å². The van der Waals surface area contributed by atoms with Crippen molar-refractivity contribution in [2.75, 3.05) is 17.2 Å². The Bertz CT molecular complexity index is 572. The molecule has 0 radical (unpaired) electrons. The maximum Gasteiger partial charge on any atom is 0.238 e. The summed E-state index contributed by atoms with van der Waals surface area (Å²) < 4.78 is 23.1. The summed E-state index contributed by atoms with van der Waals surface area (Å²) in [5.74, 6) is 0. The van der Waals surface area contributed by atoms with E-state index < -0.39 is 10.0 Å². The Morgan fingerprint density at radius 2 is 2.00 bits per heavy atom. The second kappa shape index (κ2) is 6.01. The van der Waals surface area contributed by atoms with Crippen molar-refractivity contribution in [3.8, 4) is 0 Å². The minimum Gasteiger partial charge on any atom is -0.399 e. The Labute approximate surface area is 121 Å². The van der Waals surface area contributed by atoms with Crippen LogP contribution in [0.4, 0.5) is 11.4 Å². The average molecular weight is 297 g/mol. The van der Waals surface area contributed by atoms with Gasteiger partial charge in [-0.1, -0.05) is 19.8 Å². The molecule has 1 aromatic rings. The van der Waals surface area contributed by atoms with Crippen LogP contribution >= 0.6 is 0 Å².